The first-order valence-electron chi connectivity index (χ1n) is 5.14. The number of ether oxygens (including phenoxy) is 2. The molecule has 1 atom stereocenters. The molecule has 1 saturated carbocycles. The average molecular weight is 296 g/mol. The molecule has 0 radical (unpaired) electrons. The number of halogens is 1. The van der Waals surface area contributed by atoms with Crippen LogP contribution in [0.1, 0.15) is 32.1 Å². The summed E-state index contributed by atoms with van der Waals surface area (Å²) in [6, 6.07) is 0. The highest BCUT2D eigenvalue weighted by Gasteiger charge is 2.42. The van der Waals surface area contributed by atoms with E-state index in [1.54, 1.807) is 0 Å². The van der Waals surface area contributed by atoms with Gasteiger partial charge in [-0.25, -0.2) is 0 Å². The first kappa shape index (κ1) is 10.2. The van der Waals surface area contributed by atoms with Crippen LogP contribution in [0.5, 0.6) is 0 Å². The lowest BCUT2D eigenvalue weighted by Crippen LogP contribution is -2.25. The Morgan fingerprint density at radius 2 is 2.23 bits per heavy atom. The summed E-state index contributed by atoms with van der Waals surface area (Å²) in [4.78, 5) is 0. The standard InChI is InChI=1S/C10H17IO2/c11-7-10(4-5-10)8-13-9-3-1-2-6-12-9/h9H,1-8H2. The zero-order chi connectivity index (χ0) is 9.15. The normalized spacial score (nSPS) is 31.6. The molecule has 0 bridgehead atoms. The third-order valence-electron chi connectivity index (χ3n) is 2.95. The van der Waals surface area contributed by atoms with Crippen LogP contribution >= 0.6 is 22.6 Å². The van der Waals surface area contributed by atoms with Crippen molar-refractivity contribution in [1.82, 2.24) is 0 Å². The monoisotopic (exact) mass is 296 g/mol. The van der Waals surface area contributed by atoms with Gasteiger partial charge in [0.1, 0.15) is 0 Å². The van der Waals surface area contributed by atoms with Crippen LogP contribution in [0.4, 0.5) is 0 Å². The topological polar surface area (TPSA) is 18.5 Å². The highest BCUT2D eigenvalue weighted by atomic mass is 127. The van der Waals surface area contributed by atoms with E-state index >= 15 is 0 Å². The van der Waals surface area contributed by atoms with Gasteiger partial charge in [-0.1, -0.05) is 22.6 Å². The first-order valence-corrected chi connectivity index (χ1v) is 6.66. The smallest absolute Gasteiger partial charge is 0.157 e. The van der Waals surface area contributed by atoms with E-state index in [1.807, 2.05) is 0 Å². The summed E-state index contributed by atoms with van der Waals surface area (Å²) in [6.45, 7) is 1.81. The van der Waals surface area contributed by atoms with Crippen molar-refractivity contribution in [1.29, 1.82) is 0 Å². The number of rotatable bonds is 4. The molecule has 1 unspecified atom stereocenters. The Hall–Kier alpha value is 0.650. The predicted molar refractivity (Wildman–Crippen MR) is 60.1 cm³/mol. The lowest BCUT2D eigenvalue weighted by Gasteiger charge is -2.24. The molecule has 0 N–H and O–H groups in total. The molecule has 2 nitrogen and oxygen atoms in total. The zero-order valence-corrected chi connectivity index (χ0v) is 10.1. The molecule has 1 heterocycles. The Labute approximate surface area is 93.5 Å². The van der Waals surface area contributed by atoms with Gasteiger partial charge in [0, 0.05) is 16.4 Å². The molecule has 1 aliphatic carbocycles. The summed E-state index contributed by atoms with van der Waals surface area (Å²) >= 11 is 2.47. The van der Waals surface area contributed by atoms with E-state index in [0.717, 1.165) is 19.6 Å². The van der Waals surface area contributed by atoms with Gasteiger partial charge in [0.2, 0.25) is 0 Å². The average Bonchev–Trinajstić information content (AvgIpc) is 2.97. The van der Waals surface area contributed by atoms with Crippen LogP contribution in [0.25, 0.3) is 0 Å². The molecule has 2 rings (SSSR count). The Morgan fingerprint density at radius 1 is 1.38 bits per heavy atom. The second-order valence-corrected chi connectivity index (χ2v) is 5.00. The molecule has 13 heavy (non-hydrogen) atoms. The van der Waals surface area contributed by atoms with Gasteiger partial charge < -0.3 is 9.47 Å². The Balaban J connectivity index is 1.66. The molecule has 0 aromatic carbocycles. The summed E-state index contributed by atoms with van der Waals surface area (Å²) < 4.78 is 12.5. The third-order valence-corrected chi connectivity index (χ3v) is 4.57. The molecule has 2 fully saturated rings. The van der Waals surface area contributed by atoms with Crippen molar-refractivity contribution in [2.75, 3.05) is 17.6 Å². The van der Waals surface area contributed by atoms with E-state index in [1.165, 1.54) is 30.1 Å². The number of alkyl halides is 1. The maximum absolute atomic E-state index is 5.77. The molecule has 1 saturated heterocycles. The molecule has 0 amide bonds. The van der Waals surface area contributed by atoms with Crippen molar-refractivity contribution < 1.29 is 9.47 Å². The number of hydrogen-bond donors (Lipinski definition) is 0. The van der Waals surface area contributed by atoms with Gasteiger partial charge in [0.15, 0.2) is 6.29 Å². The molecule has 76 valence electrons. The van der Waals surface area contributed by atoms with Crippen LogP contribution < -0.4 is 0 Å². The van der Waals surface area contributed by atoms with Crippen molar-refractivity contribution in [3.05, 3.63) is 0 Å². The molecule has 1 aliphatic heterocycles. The fourth-order valence-corrected chi connectivity index (χ4v) is 2.59. The molecular weight excluding hydrogens is 279 g/mol. The fourth-order valence-electron chi connectivity index (χ4n) is 1.61. The van der Waals surface area contributed by atoms with Crippen molar-refractivity contribution in [2.45, 2.75) is 38.4 Å². The summed E-state index contributed by atoms with van der Waals surface area (Å²) in [5.74, 6) is 0. The Kier molecular flexibility index (Phi) is 3.48. The predicted octanol–water partition coefficient (Wildman–Crippen LogP) is 2.74. The maximum Gasteiger partial charge on any atom is 0.157 e. The van der Waals surface area contributed by atoms with Gasteiger partial charge in [-0.2, -0.15) is 0 Å². The van der Waals surface area contributed by atoms with Gasteiger partial charge in [-0.15, -0.1) is 0 Å². The molecule has 2 aliphatic rings. The van der Waals surface area contributed by atoms with E-state index in [-0.39, 0.29) is 6.29 Å². The van der Waals surface area contributed by atoms with Crippen molar-refractivity contribution in [3.8, 4) is 0 Å². The SMILES string of the molecule is ICC1(COC2CCCCO2)CC1. The lowest BCUT2D eigenvalue weighted by molar-refractivity contribution is -0.169. The van der Waals surface area contributed by atoms with E-state index in [4.69, 9.17) is 9.47 Å². The van der Waals surface area contributed by atoms with Crippen molar-refractivity contribution >= 4 is 22.6 Å². The number of hydrogen-bond acceptors (Lipinski definition) is 2. The van der Waals surface area contributed by atoms with Gasteiger partial charge in [0.25, 0.3) is 0 Å². The van der Waals surface area contributed by atoms with Crippen LogP contribution in [-0.4, -0.2) is 23.9 Å². The summed E-state index contributed by atoms with van der Waals surface area (Å²) in [6.07, 6.45) is 6.37. The Bertz CT molecular complexity index is 162. The molecular formula is C10H17IO2. The highest BCUT2D eigenvalue weighted by Crippen LogP contribution is 2.47. The van der Waals surface area contributed by atoms with Gasteiger partial charge >= 0.3 is 0 Å². The van der Waals surface area contributed by atoms with Crippen LogP contribution in [0, 0.1) is 5.41 Å². The minimum atomic E-state index is 0.106. The van der Waals surface area contributed by atoms with Crippen molar-refractivity contribution in [3.63, 3.8) is 0 Å². The van der Waals surface area contributed by atoms with E-state index < -0.39 is 0 Å². The minimum Gasteiger partial charge on any atom is -0.353 e. The van der Waals surface area contributed by atoms with E-state index in [2.05, 4.69) is 22.6 Å². The van der Waals surface area contributed by atoms with Gasteiger partial charge in [-0.05, 0) is 32.1 Å². The molecule has 0 aromatic heterocycles. The Morgan fingerprint density at radius 3 is 2.77 bits per heavy atom. The van der Waals surface area contributed by atoms with Crippen molar-refractivity contribution in [2.24, 2.45) is 5.41 Å². The highest BCUT2D eigenvalue weighted by molar-refractivity contribution is 14.1. The summed E-state index contributed by atoms with van der Waals surface area (Å²) in [5, 5.41) is 0. The summed E-state index contributed by atoms with van der Waals surface area (Å²) in [7, 11) is 0. The van der Waals surface area contributed by atoms with E-state index in [9.17, 15) is 0 Å². The largest absolute Gasteiger partial charge is 0.353 e. The van der Waals surface area contributed by atoms with Gasteiger partial charge in [-0.3, -0.25) is 0 Å². The molecule has 3 heteroatoms. The second kappa shape index (κ2) is 4.45. The molecule has 0 spiro atoms. The fraction of sp³-hybridized carbons (Fsp3) is 1.00. The first-order chi connectivity index (χ1) is 6.35. The third kappa shape index (κ3) is 2.80. The van der Waals surface area contributed by atoms with E-state index in [0.29, 0.717) is 5.41 Å². The van der Waals surface area contributed by atoms with Crippen LogP contribution in [0.15, 0.2) is 0 Å². The summed E-state index contributed by atoms with van der Waals surface area (Å²) in [5.41, 5.74) is 0.529. The second-order valence-electron chi connectivity index (χ2n) is 4.24. The van der Waals surface area contributed by atoms with Crippen LogP contribution in [-0.2, 0) is 9.47 Å². The van der Waals surface area contributed by atoms with Gasteiger partial charge in [0.05, 0.1) is 6.61 Å². The quantitative estimate of drug-likeness (QED) is 0.586. The van der Waals surface area contributed by atoms with Crippen LogP contribution in [0.2, 0.25) is 0 Å². The van der Waals surface area contributed by atoms with Crippen LogP contribution in [0.3, 0.4) is 0 Å². The minimum absolute atomic E-state index is 0.106. The lowest BCUT2D eigenvalue weighted by atomic mass is 10.1. The molecule has 0 aromatic rings. The maximum atomic E-state index is 5.77. The zero-order valence-electron chi connectivity index (χ0n) is 7.93.